The fourth-order valence-corrected chi connectivity index (χ4v) is 2.21. The van der Waals surface area contributed by atoms with Crippen LogP contribution in [0.3, 0.4) is 0 Å². The van der Waals surface area contributed by atoms with Crippen molar-refractivity contribution in [3.63, 3.8) is 0 Å². The quantitative estimate of drug-likeness (QED) is 0.829. The van der Waals surface area contributed by atoms with Gasteiger partial charge in [0.2, 0.25) is 0 Å². The van der Waals surface area contributed by atoms with Gasteiger partial charge in [0.05, 0.1) is 5.69 Å². The van der Waals surface area contributed by atoms with Gasteiger partial charge in [0.25, 0.3) is 0 Å². The molecule has 0 aromatic carbocycles. The summed E-state index contributed by atoms with van der Waals surface area (Å²) in [5.41, 5.74) is 6.60. The first-order valence-corrected chi connectivity index (χ1v) is 6.67. The van der Waals surface area contributed by atoms with Crippen molar-refractivity contribution in [2.75, 3.05) is 25.1 Å². The minimum Gasteiger partial charge on any atom is -0.381 e. The first kappa shape index (κ1) is 13.2. The van der Waals surface area contributed by atoms with Crippen LogP contribution in [0.4, 0.5) is 5.82 Å². The molecule has 1 aromatic rings. The number of hydrogen-bond acceptors (Lipinski definition) is 5. The number of aromatic nitrogens is 2. The Morgan fingerprint density at radius 2 is 2.17 bits per heavy atom. The largest absolute Gasteiger partial charge is 0.381 e. The van der Waals surface area contributed by atoms with Crippen LogP contribution in [0.15, 0.2) is 12.1 Å². The Bertz CT molecular complexity index is 349. The summed E-state index contributed by atoms with van der Waals surface area (Å²) in [6.07, 6.45) is 3.03. The summed E-state index contributed by atoms with van der Waals surface area (Å²) in [7, 11) is 0. The van der Waals surface area contributed by atoms with Crippen molar-refractivity contribution < 1.29 is 4.74 Å². The highest BCUT2D eigenvalue weighted by molar-refractivity contribution is 5.34. The fraction of sp³-hybridized carbons (Fsp3) is 0.692. The number of hydrogen-bond donors (Lipinski definition) is 2. The molecule has 1 aromatic heterocycles. The third-order valence-electron chi connectivity index (χ3n) is 3.32. The van der Waals surface area contributed by atoms with Crippen LogP contribution < -0.4 is 11.1 Å². The minimum atomic E-state index is 0.332. The van der Waals surface area contributed by atoms with E-state index in [0.29, 0.717) is 18.5 Å². The molecule has 0 saturated carbocycles. The van der Waals surface area contributed by atoms with Crippen molar-refractivity contribution in [3.8, 4) is 0 Å². The molecule has 1 aliphatic heterocycles. The molecule has 0 bridgehead atoms. The molecule has 2 rings (SSSR count). The van der Waals surface area contributed by atoms with Crippen molar-refractivity contribution >= 4 is 5.82 Å². The van der Waals surface area contributed by atoms with Crippen molar-refractivity contribution in [2.45, 2.75) is 38.1 Å². The second-order valence-corrected chi connectivity index (χ2v) is 4.85. The Hall–Kier alpha value is -1.20. The molecule has 5 heteroatoms. The van der Waals surface area contributed by atoms with Gasteiger partial charge >= 0.3 is 0 Å². The third-order valence-corrected chi connectivity index (χ3v) is 3.32. The van der Waals surface area contributed by atoms with Crippen molar-refractivity contribution in [1.82, 2.24) is 10.2 Å². The highest BCUT2D eigenvalue weighted by Crippen LogP contribution is 2.25. The molecule has 3 N–H and O–H groups in total. The molecule has 0 amide bonds. The molecular weight excluding hydrogens is 228 g/mol. The maximum atomic E-state index is 5.52. The van der Waals surface area contributed by atoms with Gasteiger partial charge in [0.15, 0.2) is 0 Å². The summed E-state index contributed by atoms with van der Waals surface area (Å²) in [5.74, 6) is 1.33. The Labute approximate surface area is 108 Å². The van der Waals surface area contributed by atoms with Gasteiger partial charge in [-0.1, -0.05) is 0 Å². The van der Waals surface area contributed by atoms with Gasteiger partial charge in [0, 0.05) is 25.2 Å². The van der Waals surface area contributed by atoms with Crippen molar-refractivity contribution in [3.05, 3.63) is 17.8 Å². The van der Waals surface area contributed by atoms with Crippen LogP contribution in [0.2, 0.25) is 0 Å². The highest BCUT2D eigenvalue weighted by atomic mass is 16.5. The number of rotatable bonds is 5. The van der Waals surface area contributed by atoms with E-state index in [4.69, 9.17) is 10.5 Å². The predicted octanol–water partition coefficient (Wildman–Crippen LogP) is 1.52. The Balaban J connectivity index is 1.92. The van der Waals surface area contributed by atoms with E-state index in [0.717, 1.165) is 44.0 Å². The van der Waals surface area contributed by atoms with Crippen molar-refractivity contribution in [2.24, 2.45) is 5.73 Å². The van der Waals surface area contributed by atoms with Crippen LogP contribution in [0.25, 0.3) is 0 Å². The summed E-state index contributed by atoms with van der Waals surface area (Å²) in [6, 6.07) is 4.41. The molecular formula is C13H22N4O. The molecule has 0 spiro atoms. The van der Waals surface area contributed by atoms with E-state index in [1.807, 2.05) is 6.07 Å². The monoisotopic (exact) mass is 250 g/mol. The lowest BCUT2D eigenvalue weighted by Gasteiger charge is -2.21. The van der Waals surface area contributed by atoms with E-state index >= 15 is 0 Å². The first-order chi connectivity index (χ1) is 8.79. The van der Waals surface area contributed by atoms with Gasteiger partial charge in [-0.2, -0.15) is 5.10 Å². The smallest absolute Gasteiger partial charge is 0.148 e. The maximum Gasteiger partial charge on any atom is 0.148 e. The average Bonchev–Trinajstić information content (AvgIpc) is 2.41. The zero-order chi connectivity index (χ0) is 12.8. The zero-order valence-electron chi connectivity index (χ0n) is 10.9. The average molecular weight is 250 g/mol. The topological polar surface area (TPSA) is 73.1 Å². The number of ether oxygens (including phenoxy) is 1. The van der Waals surface area contributed by atoms with Gasteiger partial charge in [-0.3, -0.25) is 0 Å². The maximum absolute atomic E-state index is 5.52. The molecule has 1 atom stereocenters. The molecule has 1 aliphatic rings. The van der Waals surface area contributed by atoms with Crippen LogP contribution in [0.5, 0.6) is 0 Å². The van der Waals surface area contributed by atoms with Crippen LogP contribution in [0.1, 0.15) is 37.8 Å². The van der Waals surface area contributed by atoms with Gasteiger partial charge in [-0.05, 0) is 44.9 Å². The molecule has 5 nitrogen and oxygen atoms in total. The molecule has 1 saturated heterocycles. The second-order valence-electron chi connectivity index (χ2n) is 4.85. The lowest BCUT2D eigenvalue weighted by Crippen LogP contribution is -2.20. The second kappa shape index (κ2) is 6.66. The van der Waals surface area contributed by atoms with E-state index in [-0.39, 0.29) is 0 Å². The van der Waals surface area contributed by atoms with Crippen LogP contribution >= 0.6 is 0 Å². The Morgan fingerprint density at radius 3 is 2.78 bits per heavy atom. The first-order valence-electron chi connectivity index (χ1n) is 6.67. The Kier molecular flexibility index (Phi) is 4.90. The lowest BCUT2D eigenvalue weighted by atomic mass is 9.96. The standard InChI is InChI=1S/C13H22N4O/c1-10(4-7-14)15-13-3-2-12(16-17-13)11-5-8-18-9-6-11/h2-3,10-11H,4-9,14H2,1H3,(H,15,17). The number of nitrogens with two attached hydrogens (primary N) is 1. The summed E-state index contributed by atoms with van der Waals surface area (Å²) < 4.78 is 5.35. The van der Waals surface area contributed by atoms with Gasteiger partial charge in [-0.15, -0.1) is 5.10 Å². The molecule has 0 aliphatic carbocycles. The Morgan fingerprint density at radius 1 is 1.39 bits per heavy atom. The molecule has 18 heavy (non-hydrogen) atoms. The van der Waals surface area contributed by atoms with Gasteiger partial charge in [0.1, 0.15) is 5.82 Å². The van der Waals surface area contributed by atoms with E-state index in [2.05, 4.69) is 28.5 Å². The fourth-order valence-electron chi connectivity index (χ4n) is 2.21. The molecule has 0 radical (unpaired) electrons. The van der Waals surface area contributed by atoms with Crippen molar-refractivity contribution in [1.29, 1.82) is 0 Å². The number of nitrogens with zero attached hydrogens (tertiary/aromatic N) is 2. The number of anilines is 1. The van der Waals surface area contributed by atoms with Crippen LogP contribution in [-0.2, 0) is 4.74 Å². The van der Waals surface area contributed by atoms with E-state index in [1.165, 1.54) is 0 Å². The molecule has 100 valence electrons. The third kappa shape index (κ3) is 3.65. The normalized spacial score (nSPS) is 18.6. The highest BCUT2D eigenvalue weighted by Gasteiger charge is 2.17. The number of nitrogens with one attached hydrogen (secondary N) is 1. The van der Waals surface area contributed by atoms with E-state index < -0.39 is 0 Å². The summed E-state index contributed by atoms with van der Waals surface area (Å²) in [4.78, 5) is 0. The lowest BCUT2D eigenvalue weighted by molar-refractivity contribution is 0.0843. The molecule has 2 heterocycles. The molecule has 1 fully saturated rings. The van der Waals surface area contributed by atoms with E-state index in [9.17, 15) is 0 Å². The molecule has 1 unspecified atom stereocenters. The van der Waals surface area contributed by atoms with Gasteiger partial charge in [-0.25, -0.2) is 0 Å². The SMILES string of the molecule is CC(CCN)Nc1ccc(C2CCOCC2)nn1. The summed E-state index contributed by atoms with van der Waals surface area (Å²) >= 11 is 0. The van der Waals surface area contributed by atoms with Crippen LogP contribution in [0, 0.1) is 0 Å². The van der Waals surface area contributed by atoms with E-state index in [1.54, 1.807) is 0 Å². The summed E-state index contributed by atoms with van der Waals surface area (Å²) in [6.45, 7) is 4.45. The minimum absolute atomic E-state index is 0.332. The zero-order valence-corrected chi connectivity index (χ0v) is 10.9. The summed E-state index contributed by atoms with van der Waals surface area (Å²) in [5, 5.41) is 11.8. The van der Waals surface area contributed by atoms with Gasteiger partial charge < -0.3 is 15.8 Å². The predicted molar refractivity (Wildman–Crippen MR) is 71.6 cm³/mol. The van der Waals surface area contributed by atoms with Crippen LogP contribution in [-0.4, -0.2) is 36.0 Å².